The number of ether oxygens (including phenoxy) is 3. The third kappa shape index (κ3) is 5.72. The Morgan fingerprint density at radius 3 is 2.56 bits per heavy atom. The van der Waals surface area contributed by atoms with E-state index in [0.29, 0.717) is 12.3 Å². The van der Waals surface area contributed by atoms with Crippen molar-refractivity contribution in [1.82, 2.24) is 19.6 Å². The van der Waals surface area contributed by atoms with Gasteiger partial charge in [-0.05, 0) is 36.9 Å². The molecule has 1 amide bonds. The van der Waals surface area contributed by atoms with Gasteiger partial charge in [-0.25, -0.2) is 0 Å². The lowest BCUT2D eigenvalue weighted by Crippen LogP contribution is -2.47. The van der Waals surface area contributed by atoms with Gasteiger partial charge in [0.25, 0.3) is 5.91 Å². The molecule has 9 heteroatoms. The molecule has 0 unspecified atom stereocenters. The van der Waals surface area contributed by atoms with E-state index < -0.39 is 0 Å². The number of likely N-dealkylation sites (N-methyl/N-ethyl adjacent to an activating group) is 1. The number of piperazine rings is 1. The maximum atomic E-state index is 12.9. The molecular formula is C25H34N4O5. The molecule has 0 N–H and O–H groups in total. The van der Waals surface area contributed by atoms with Crippen LogP contribution in [0.15, 0.2) is 34.7 Å². The number of fused-ring (bicyclic) bond motifs is 1. The molecule has 4 heterocycles. The van der Waals surface area contributed by atoms with Gasteiger partial charge in [-0.15, -0.1) is 0 Å². The average molecular weight is 471 g/mol. The van der Waals surface area contributed by atoms with Crippen molar-refractivity contribution >= 4 is 5.91 Å². The molecule has 0 atom stereocenters. The van der Waals surface area contributed by atoms with Crippen molar-refractivity contribution in [2.24, 2.45) is 0 Å². The Morgan fingerprint density at radius 2 is 1.74 bits per heavy atom. The Morgan fingerprint density at radius 1 is 0.941 bits per heavy atom. The summed E-state index contributed by atoms with van der Waals surface area (Å²) in [5, 5.41) is 0. The Hall–Kier alpha value is -2.59. The number of carbonyl (C=O) groups is 1. The van der Waals surface area contributed by atoms with Crippen LogP contribution in [0.5, 0.6) is 11.5 Å². The van der Waals surface area contributed by atoms with Crippen LogP contribution in [0.1, 0.15) is 21.9 Å². The number of furan rings is 1. The summed E-state index contributed by atoms with van der Waals surface area (Å²) in [7, 11) is 2.08. The van der Waals surface area contributed by atoms with Gasteiger partial charge in [0.05, 0.1) is 19.8 Å². The number of amides is 1. The lowest BCUT2D eigenvalue weighted by atomic mass is 10.2. The van der Waals surface area contributed by atoms with Gasteiger partial charge in [-0.2, -0.15) is 0 Å². The molecule has 3 aliphatic rings. The molecule has 2 fully saturated rings. The zero-order valence-corrected chi connectivity index (χ0v) is 19.9. The van der Waals surface area contributed by atoms with E-state index in [1.54, 1.807) is 0 Å². The monoisotopic (exact) mass is 470 g/mol. The van der Waals surface area contributed by atoms with Crippen molar-refractivity contribution in [3.63, 3.8) is 0 Å². The maximum absolute atomic E-state index is 12.9. The highest BCUT2D eigenvalue weighted by Crippen LogP contribution is 2.33. The van der Waals surface area contributed by atoms with Crippen LogP contribution in [0.2, 0.25) is 0 Å². The fraction of sp³-hybridized carbons (Fsp3) is 0.560. The molecule has 2 saturated heterocycles. The molecule has 5 rings (SSSR count). The van der Waals surface area contributed by atoms with Crippen molar-refractivity contribution < 1.29 is 23.4 Å². The van der Waals surface area contributed by atoms with Gasteiger partial charge < -0.3 is 28.4 Å². The number of hydrogen-bond donors (Lipinski definition) is 0. The summed E-state index contributed by atoms with van der Waals surface area (Å²) in [6.07, 6.45) is 0. The number of rotatable bonds is 8. The topological polar surface area (TPSA) is 70.9 Å². The molecule has 0 spiro atoms. The van der Waals surface area contributed by atoms with Crippen LogP contribution in [0, 0.1) is 0 Å². The minimum Gasteiger partial charge on any atom is -0.455 e. The van der Waals surface area contributed by atoms with Crippen molar-refractivity contribution in [3.05, 3.63) is 47.4 Å². The first kappa shape index (κ1) is 23.2. The van der Waals surface area contributed by atoms with Crippen LogP contribution in [-0.2, 0) is 17.8 Å². The fourth-order valence-electron chi connectivity index (χ4n) is 4.58. The molecule has 1 aromatic heterocycles. The molecular weight excluding hydrogens is 436 g/mol. The van der Waals surface area contributed by atoms with Gasteiger partial charge in [-0.1, -0.05) is 6.07 Å². The fourth-order valence-corrected chi connectivity index (χ4v) is 4.58. The Labute approximate surface area is 200 Å². The maximum Gasteiger partial charge on any atom is 0.289 e. The predicted molar refractivity (Wildman–Crippen MR) is 126 cm³/mol. The van der Waals surface area contributed by atoms with Gasteiger partial charge in [-0.3, -0.25) is 14.6 Å². The van der Waals surface area contributed by atoms with E-state index in [-0.39, 0.29) is 12.7 Å². The minimum atomic E-state index is -0.0185. The summed E-state index contributed by atoms with van der Waals surface area (Å²) < 4.78 is 22.5. The smallest absolute Gasteiger partial charge is 0.289 e. The molecule has 3 aliphatic heterocycles. The van der Waals surface area contributed by atoms with E-state index >= 15 is 0 Å². The van der Waals surface area contributed by atoms with Crippen molar-refractivity contribution in [2.45, 2.75) is 13.1 Å². The molecule has 184 valence electrons. The second-order valence-electron chi connectivity index (χ2n) is 9.21. The van der Waals surface area contributed by atoms with E-state index in [0.717, 1.165) is 94.9 Å². The van der Waals surface area contributed by atoms with E-state index in [9.17, 15) is 4.79 Å². The van der Waals surface area contributed by atoms with Gasteiger partial charge in [0.2, 0.25) is 6.79 Å². The van der Waals surface area contributed by atoms with Gasteiger partial charge in [0.1, 0.15) is 5.76 Å². The highest BCUT2D eigenvalue weighted by Gasteiger charge is 2.24. The van der Waals surface area contributed by atoms with Gasteiger partial charge in [0, 0.05) is 58.9 Å². The molecule has 9 nitrogen and oxygen atoms in total. The molecule has 0 aliphatic carbocycles. The molecule has 34 heavy (non-hydrogen) atoms. The first-order valence-corrected chi connectivity index (χ1v) is 12.1. The van der Waals surface area contributed by atoms with Crippen molar-refractivity contribution in [1.29, 1.82) is 0 Å². The van der Waals surface area contributed by atoms with Crippen molar-refractivity contribution in [3.8, 4) is 11.5 Å². The molecule has 2 aromatic rings. The average Bonchev–Trinajstić information content (AvgIpc) is 3.52. The standard InChI is InChI=1S/C25H34N4O5/c1-26-6-10-29(11-7-26)25(30)23-5-3-21(34-23)18-28(9-8-27-12-14-31-15-13-27)17-20-2-4-22-24(16-20)33-19-32-22/h2-5,16H,6-15,17-19H2,1H3. The van der Waals surface area contributed by atoms with E-state index in [1.165, 1.54) is 0 Å². The third-order valence-electron chi connectivity index (χ3n) is 6.72. The van der Waals surface area contributed by atoms with Crippen LogP contribution in [-0.4, -0.2) is 105 Å². The highest BCUT2D eigenvalue weighted by atomic mass is 16.7. The number of nitrogens with zero attached hydrogens (tertiary/aromatic N) is 4. The highest BCUT2D eigenvalue weighted by molar-refractivity contribution is 5.91. The van der Waals surface area contributed by atoms with Crippen LogP contribution >= 0.6 is 0 Å². The van der Waals surface area contributed by atoms with Crippen LogP contribution in [0.3, 0.4) is 0 Å². The molecule has 0 bridgehead atoms. The lowest BCUT2D eigenvalue weighted by molar-refractivity contribution is 0.0321. The number of benzene rings is 1. The van der Waals surface area contributed by atoms with Crippen LogP contribution in [0.25, 0.3) is 0 Å². The van der Waals surface area contributed by atoms with E-state index in [1.807, 2.05) is 23.1 Å². The predicted octanol–water partition coefficient (Wildman–Crippen LogP) is 1.73. The number of carbonyl (C=O) groups excluding carboxylic acids is 1. The lowest BCUT2D eigenvalue weighted by Gasteiger charge is -2.31. The first-order chi connectivity index (χ1) is 16.6. The van der Waals surface area contributed by atoms with Crippen LogP contribution < -0.4 is 9.47 Å². The Balaban J connectivity index is 1.24. The quantitative estimate of drug-likeness (QED) is 0.578. The summed E-state index contributed by atoms with van der Waals surface area (Å²) in [4.78, 5) is 21.8. The van der Waals surface area contributed by atoms with E-state index in [4.69, 9.17) is 18.6 Å². The zero-order chi connectivity index (χ0) is 23.3. The first-order valence-electron chi connectivity index (χ1n) is 12.1. The SMILES string of the molecule is CN1CCN(C(=O)c2ccc(CN(CCN3CCOCC3)Cc3ccc4c(c3)OCO4)o2)CC1. The van der Waals surface area contributed by atoms with Crippen molar-refractivity contribution in [2.75, 3.05) is 79.4 Å². The minimum absolute atomic E-state index is 0.0185. The molecule has 1 aromatic carbocycles. The summed E-state index contributed by atoms with van der Waals surface area (Å²) in [6, 6.07) is 9.85. The van der Waals surface area contributed by atoms with Gasteiger partial charge in [0.15, 0.2) is 17.3 Å². The van der Waals surface area contributed by atoms with Gasteiger partial charge >= 0.3 is 0 Å². The summed E-state index contributed by atoms with van der Waals surface area (Å²) in [6.45, 7) is 10.3. The second kappa shape index (κ2) is 10.8. The summed E-state index contributed by atoms with van der Waals surface area (Å²) in [5.74, 6) is 2.80. The molecule has 0 saturated carbocycles. The van der Waals surface area contributed by atoms with E-state index in [2.05, 4.69) is 33.9 Å². The summed E-state index contributed by atoms with van der Waals surface area (Å²) in [5.41, 5.74) is 1.16. The number of morpholine rings is 1. The Bertz CT molecular complexity index is 966. The van der Waals surface area contributed by atoms with Crippen LogP contribution in [0.4, 0.5) is 0 Å². The Kier molecular flexibility index (Phi) is 7.34. The zero-order valence-electron chi connectivity index (χ0n) is 19.9. The second-order valence-corrected chi connectivity index (χ2v) is 9.21. The third-order valence-corrected chi connectivity index (χ3v) is 6.72. The summed E-state index contributed by atoms with van der Waals surface area (Å²) >= 11 is 0. The molecule has 0 radical (unpaired) electrons. The largest absolute Gasteiger partial charge is 0.455 e. The normalized spacial score (nSPS) is 19.2. The number of hydrogen-bond acceptors (Lipinski definition) is 8.